The highest BCUT2D eigenvalue weighted by Crippen LogP contribution is 2.38. The van der Waals surface area contributed by atoms with Gasteiger partial charge in [0.25, 0.3) is 7.82 Å². The fourth-order valence-corrected chi connectivity index (χ4v) is 5.74. The summed E-state index contributed by atoms with van der Waals surface area (Å²) < 4.78 is 34.3. The molecule has 0 aromatic carbocycles. The van der Waals surface area contributed by atoms with E-state index in [2.05, 4.69) is 13.8 Å². The zero-order valence-corrected chi connectivity index (χ0v) is 30.5. The van der Waals surface area contributed by atoms with Crippen LogP contribution in [0.2, 0.25) is 0 Å². The SMILES string of the molecule is CCCCCCCCCCCCCOCC(COP(=O)([O-])OCC[N+](C)(C)C)OC(=O)CCCCCCCCCCCCC. The Labute approximate surface area is 272 Å². The lowest BCUT2D eigenvalue weighted by molar-refractivity contribution is -0.870. The monoisotopic (exact) mass is 650 g/mol. The molecule has 0 amide bonds. The summed E-state index contributed by atoms with van der Waals surface area (Å²) >= 11 is 0. The minimum absolute atomic E-state index is 0.0307. The van der Waals surface area contributed by atoms with Gasteiger partial charge in [0.2, 0.25) is 0 Å². The molecule has 0 radical (unpaired) electrons. The summed E-state index contributed by atoms with van der Waals surface area (Å²) in [6, 6.07) is 0. The van der Waals surface area contributed by atoms with Crippen LogP contribution >= 0.6 is 7.82 Å². The van der Waals surface area contributed by atoms with Crippen molar-refractivity contribution in [1.82, 2.24) is 0 Å². The number of phosphoric acid groups is 1. The molecule has 0 N–H and O–H groups in total. The molecule has 0 spiro atoms. The van der Waals surface area contributed by atoms with Crippen molar-refractivity contribution < 1.29 is 37.3 Å². The quantitative estimate of drug-likeness (QED) is 0.0297. The van der Waals surface area contributed by atoms with E-state index in [1.54, 1.807) is 0 Å². The van der Waals surface area contributed by atoms with Crippen LogP contribution in [0.3, 0.4) is 0 Å². The maximum Gasteiger partial charge on any atom is 0.306 e. The summed E-state index contributed by atoms with van der Waals surface area (Å²) in [4.78, 5) is 24.8. The number of likely N-dealkylation sites (N-methyl/N-ethyl adjacent to an activating group) is 1. The third-order valence-electron chi connectivity index (χ3n) is 7.91. The van der Waals surface area contributed by atoms with Gasteiger partial charge < -0.3 is 27.9 Å². The van der Waals surface area contributed by atoms with Gasteiger partial charge in [-0.15, -0.1) is 0 Å². The second-order valence-electron chi connectivity index (χ2n) is 13.6. The Morgan fingerprint density at radius 1 is 0.614 bits per heavy atom. The van der Waals surface area contributed by atoms with Crippen molar-refractivity contribution in [2.24, 2.45) is 0 Å². The molecule has 0 fully saturated rings. The molecule has 0 aliphatic carbocycles. The fourth-order valence-electron chi connectivity index (χ4n) is 5.02. The molecule has 2 unspecified atom stereocenters. The first-order valence-electron chi connectivity index (χ1n) is 18.3. The van der Waals surface area contributed by atoms with Gasteiger partial charge in [0.1, 0.15) is 19.3 Å². The van der Waals surface area contributed by atoms with Gasteiger partial charge >= 0.3 is 5.97 Å². The van der Waals surface area contributed by atoms with E-state index in [9.17, 15) is 14.3 Å². The number of hydrogen-bond donors (Lipinski definition) is 0. The van der Waals surface area contributed by atoms with E-state index < -0.39 is 13.9 Å². The van der Waals surface area contributed by atoms with Gasteiger partial charge in [0, 0.05) is 13.0 Å². The molecule has 44 heavy (non-hydrogen) atoms. The number of rotatable bonds is 34. The number of ether oxygens (including phenoxy) is 2. The maximum absolute atomic E-state index is 12.5. The fraction of sp³-hybridized carbons (Fsp3) is 0.971. The Kier molecular flexibility index (Phi) is 29.5. The van der Waals surface area contributed by atoms with Crippen LogP contribution in [0.5, 0.6) is 0 Å². The smallest absolute Gasteiger partial charge is 0.306 e. The van der Waals surface area contributed by atoms with Crippen molar-refractivity contribution >= 4 is 13.8 Å². The Bertz CT molecular complexity index is 686. The lowest BCUT2D eigenvalue weighted by Gasteiger charge is -2.28. The zero-order valence-electron chi connectivity index (χ0n) is 29.6. The van der Waals surface area contributed by atoms with E-state index in [1.165, 1.54) is 109 Å². The largest absolute Gasteiger partial charge is 0.756 e. The molecule has 0 bridgehead atoms. The van der Waals surface area contributed by atoms with Gasteiger partial charge in [-0.2, -0.15) is 0 Å². The Balaban J connectivity index is 4.30. The molecular formula is C35H72NO7P. The molecule has 2 atom stereocenters. The average Bonchev–Trinajstić information content (AvgIpc) is 2.96. The summed E-state index contributed by atoms with van der Waals surface area (Å²) in [6.45, 7) is 5.41. The number of quaternary nitrogens is 1. The maximum atomic E-state index is 12.5. The van der Waals surface area contributed by atoms with Crippen molar-refractivity contribution in [3.8, 4) is 0 Å². The predicted molar refractivity (Wildman–Crippen MR) is 181 cm³/mol. The summed E-state index contributed by atoms with van der Waals surface area (Å²) in [5, 5.41) is 0. The number of carbonyl (C=O) groups is 1. The Hall–Kier alpha value is -0.500. The van der Waals surface area contributed by atoms with Crippen LogP contribution in [0.25, 0.3) is 0 Å². The molecule has 0 saturated carbocycles. The standard InChI is InChI=1S/C35H72NO7P/c1-6-8-10-12-14-16-18-20-22-24-26-28-35(37)43-34(33-42-44(38,39)41-31-29-36(3,4)5)32-40-30-27-25-23-21-19-17-15-13-11-9-7-2/h34H,6-33H2,1-5H3. The molecule has 0 heterocycles. The molecule has 0 aliphatic heterocycles. The highest BCUT2D eigenvalue weighted by atomic mass is 31.2. The number of hydrogen-bond acceptors (Lipinski definition) is 7. The van der Waals surface area contributed by atoms with Gasteiger partial charge in [0.15, 0.2) is 0 Å². The number of unbranched alkanes of at least 4 members (excludes halogenated alkanes) is 20. The lowest BCUT2D eigenvalue weighted by Crippen LogP contribution is -2.37. The number of phosphoric ester groups is 1. The Morgan fingerprint density at radius 2 is 1.05 bits per heavy atom. The number of carbonyl (C=O) groups excluding carboxylic acids is 1. The zero-order chi connectivity index (χ0) is 32.8. The highest BCUT2D eigenvalue weighted by Gasteiger charge is 2.20. The molecule has 0 aromatic rings. The van der Waals surface area contributed by atoms with Crippen LogP contribution in [0.4, 0.5) is 0 Å². The molecule has 9 heteroatoms. The van der Waals surface area contributed by atoms with Crippen molar-refractivity contribution in [2.75, 3.05) is 54.1 Å². The van der Waals surface area contributed by atoms with Crippen molar-refractivity contribution in [3.63, 3.8) is 0 Å². The molecule has 0 aromatic heterocycles. The van der Waals surface area contributed by atoms with Gasteiger partial charge in [-0.25, -0.2) is 0 Å². The first-order chi connectivity index (χ1) is 21.1. The van der Waals surface area contributed by atoms with Gasteiger partial charge in [-0.1, -0.05) is 142 Å². The van der Waals surface area contributed by atoms with Crippen LogP contribution in [-0.4, -0.2) is 70.7 Å². The number of nitrogens with zero attached hydrogens (tertiary/aromatic N) is 1. The van der Waals surface area contributed by atoms with Gasteiger partial charge in [-0.3, -0.25) is 9.36 Å². The van der Waals surface area contributed by atoms with Crippen molar-refractivity contribution in [2.45, 2.75) is 168 Å². The topological polar surface area (TPSA) is 94.1 Å². The lowest BCUT2D eigenvalue weighted by atomic mass is 10.1. The van der Waals surface area contributed by atoms with E-state index in [0.717, 1.165) is 32.1 Å². The molecule has 264 valence electrons. The minimum Gasteiger partial charge on any atom is -0.756 e. The molecule has 0 rings (SSSR count). The van der Waals surface area contributed by atoms with E-state index in [-0.39, 0.29) is 25.8 Å². The van der Waals surface area contributed by atoms with Gasteiger partial charge in [-0.05, 0) is 12.8 Å². The normalized spacial score (nSPS) is 14.0. The van der Waals surface area contributed by atoms with Crippen molar-refractivity contribution in [1.29, 1.82) is 0 Å². The van der Waals surface area contributed by atoms with Crippen LogP contribution in [0.15, 0.2) is 0 Å². The highest BCUT2D eigenvalue weighted by molar-refractivity contribution is 7.45. The molecule has 0 saturated heterocycles. The van der Waals surface area contributed by atoms with Crippen molar-refractivity contribution in [3.05, 3.63) is 0 Å². The second kappa shape index (κ2) is 29.9. The van der Waals surface area contributed by atoms with E-state index in [1.807, 2.05) is 21.1 Å². The van der Waals surface area contributed by atoms with Crippen LogP contribution in [-0.2, 0) is 27.9 Å². The first kappa shape index (κ1) is 43.5. The predicted octanol–water partition coefficient (Wildman–Crippen LogP) is 9.13. The van der Waals surface area contributed by atoms with Crippen LogP contribution in [0.1, 0.15) is 162 Å². The van der Waals surface area contributed by atoms with E-state index >= 15 is 0 Å². The Morgan fingerprint density at radius 3 is 1.50 bits per heavy atom. The first-order valence-corrected chi connectivity index (χ1v) is 19.7. The van der Waals surface area contributed by atoms with Crippen LogP contribution < -0.4 is 4.89 Å². The van der Waals surface area contributed by atoms with E-state index in [4.69, 9.17) is 18.5 Å². The van der Waals surface area contributed by atoms with E-state index in [0.29, 0.717) is 24.1 Å². The second-order valence-corrected chi connectivity index (χ2v) is 15.0. The summed E-state index contributed by atoms with van der Waals surface area (Å²) in [7, 11) is 1.37. The average molecular weight is 650 g/mol. The summed E-state index contributed by atoms with van der Waals surface area (Å²) in [6.07, 6.45) is 26.7. The summed E-state index contributed by atoms with van der Waals surface area (Å²) in [5.41, 5.74) is 0. The number of esters is 1. The molecule has 0 aliphatic rings. The minimum atomic E-state index is -4.50. The third kappa shape index (κ3) is 32.9. The molecule has 8 nitrogen and oxygen atoms in total. The third-order valence-corrected chi connectivity index (χ3v) is 8.87. The van der Waals surface area contributed by atoms with Gasteiger partial charge in [0.05, 0.1) is 34.4 Å². The molecular weight excluding hydrogens is 577 g/mol. The summed E-state index contributed by atoms with van der Waals surface area (Å²) in [5.74, 6) is -0.334. The van der Waals surface area contributed by atoms with Crippen LogP contribution in [0, 0.1) is 0 Å².